The number of nitrogens with zero attached hydrogens (tertiary/aromatic N) is 2. The maximum atomic E-state index is 12.4. The van der Waals surface area contributed by atoms with Gasteiger partial charge >= 0.3 is 0 Å². The molecule has 0 unspecified atom stereocenters. The van der Waals surface area contributed by atoms with Crippen molar-refractivity contribution in [3.05, 3.63) is 53.5 Å². The Labute approximate surface area is 169 Å². The number of benzene rings is 1. The molecular weight excluding hydrogens is 372 g/mol. The van der Waals surface area contributed by atoms with E-state index in [2.05, 4.69) is 10.6 Å². The van der Waals surface area contributed by atoms with Gasteiger partial charge in [-0.05, 0) is 37.1 Å². The van der Waals surface area contributed by atoms with Crippen molar-refractivity contribution in [3.8, 4) is 0 Å². The Morgan fingerprint density at radius 2 is 1.69 bits per heavy atom. The number of carbonyl (C=O) groups is 3. The van der Waals surface area contributed by atoms with E-state index in [-0.39, 0.29) is 30.7 Å². The summed E-state index contributed by atoms with van der Waals surface area (Å²) in [5, 5.41) is 5.55. The number of hydrogen-bond donors (Lipinski definition) is 2. The van der Waals surface area contributed by atoms with Crippen molar-refractivity contribution >= 4 is 23.4 Å². The molecule has 3 rings (SSSR count). The first kappa shape index (κ1) is 20.6. The summed E-state index contributed by atoms with van der Waals surface area (Å²) in [6.07, 6.45) is 1.41. The average molecular weight is 398 g/mol. The van der Waals surface area contributed by atoms with Gasteiger partial charge in [-0.2, -0.15) is 0 Å². The lowest BCUT2D eigenvalue weighted by Crippen LogP contribution is -2.52. The molecule has 1 aliphatic rings. The molecule has 2 aromatic rings. The van der Waals surface area contributed by atoms with E-state index in [4.69, 9.17) is 4.42 Å². The summed E-state index contributed by atoms with van der Waals surface area (Å²) in [6.45, 7) is 6.40. The molecule has 1 aromatic carbocycles. The molecule has 0 saturated carbocycles. The maximum Gasteiger partial charge on any atom is 0.287 e. The highest BCUT2D eigenvalue weighted by atomic mass is 16.3. The number of nitrogens with one attached hydrogen (secondary N) is 2. The molecule has 0 atom stereocenters. The average Bonchev–Trinajstić information content (AvgIpc) is 3.24. The van der Waals surface area contributed by atoms with E-state index in [1.165, 1.54) is 6.26 Å². The second-order valence-electron chi connectivity index (χ2n) is 7.13. The summed E-state index contributed by atoms with van der Waals surface area (Å²) in [7, 11) is 0. The zero-order valence-corrected chi connectivity index (χ0v) is 16.7. The zero-order chi connectivity index (χ0) is 20.8. The van der Waals surface area contributed by atoms with Gasteiger partial charge in [0.15, 0.2) is 5.76 Å². The third kappa shape index (κ3) is 5.45. The van der Waals surface area contributed by atoms with Crippen molar-refractivity contribution in [2.75, 3.05) is 44.6 Å². The Kier molecular flexibility index (Phi) is 6.66. The Hall–Kier alpha value is -3.13. The van der Waals surface area contributed by atoms with Gasteiger partial charge in [0.05, 0.1) is 19.4 Å². The molecule has 1 saturated heterocycles. The fraction of sp³-hybridized carbons (Fsp3) is 0.381. The van der Waals surface area contributed by atoms with E-state index >= 15 is 0 Å². The first-order chi connectivity index (χ1) is 13.9. The first-order valence-corrected chi connectivity index (χ1v) is 9.62. The van der Waals surface area contributed by atoms with Crippen LogP contribution in [0.5, 0.6) is 0 Å². The third-order valence-electron chi connectivity index (χ3n) is 4.98. The number of hydrogen-bond acceptors (Lipinski definition) is 5. The van der Waals surface area contributed by atoms with Gasteiger partial charge < -0.3 is 20.0 Å². The molecule has 0 radical (unpaired) electrons. The Bertz CT molecular complexity index is 851. The molecule has 1 fully saturated rings. The predicted octanol–water partition coefficient (Wildman–Crippen LogP) is 1.41. The zero-order valence-electron chi connectivity index (χ0n) is 16.7. The smallest absolute Gasteiger partial charge is 0.287 e. The van der Waals surface area contributed by atoms with Gasteiger partial charge in [0, 0.05) is 31.9 Å². The fourth-order valence-corrected chi connectivity index (χ4v) is 3.31. The summed E-state index contributed by atoms with van der Waals surface area (Å²) in [6, 6.07) is 9.07. The van der Waals surface area contributed by atoms with Crippen LogP contribution in [0.3, 0.4) is 0 Å². The summed E-state index contributed by atoms with van der Waals surface area (Å²) in [4.78, 5) is 40.3. The maximum absolute atomic E-state index is 12.4. The molecule has 8 nitrogen and oxygen atoms in total. The number of anilines is 1. The third-order valence-corrected chi connectivity index (χ3v) is 4.98. The molecule has 2 N–H and O–H groups in total. The fourth-order valence-electron chi connectivity index (χ4n) is 3.31. The summed E-state index contributed by atoms with van der Waals surface area (Å²) in [5.74, 6) is -0.444. The highest BCUT2D eigenvalue weighted by Gasteiger charge is 2.23. The van der Waals surface area contributed by atoms with Crippen LogP contribution in [-0.4, -0.2) is 66.8 Å². The van der Waals surface area contributed by atoms with Crippen LogP contribution < -0.4 is 10.6 Å². The number of para-hydroxylation sites is 1. The first-order valence-electron chi connectivity index (χ1n) is 9.62. The van der Waals surface area contributed by atoms with Crippen LogP contribution in [0.15, 0.2) is 41.0 Å². The van der Waals surface area contributed by atoms with Crippen LogP contribution in [0.25, 0.3) is 0 Å². The molecular formula is C21H26N4O4. The van der Waals surface area contributed by atoms with Gasteiger partial charge in [0.25, 0.3) is 5.91 Å². The van der Waals surface area contributed by atoms with Gasteiger partial charge in [0.1, 0.15) is 0 Å². The van der Waals surface area contributed by atoms with Crippen molar-refractivity contribution in [1.82, 2.24) is 15.1 Å². The molecule has 2 heterocycles. The van der Waals surface area contributed by atoms with Crippen LogP contribution in [0.1, 0.15) is 21.7 Å². The quantitative estimate of drug-likeness (QED) is 0.767. The molecule has 1 aliphatic heterocycles. The van der Waals surface area contributed by atoms with Crippen molar-refractivity contribution in [2.45, 2.75) is 13.8 Å². The number of carbonyl (C=O) groups excluding carboxylic acids is 3. The summed E-state index contributed by atoms with van der Waals surface area (Å²) < 4.78 is 5.00. The lowest BCUT2D eigenvalue weighted by molar-refractivity contribution is -0.132. The minimum absolute atomic E-state index is 0.0621. The number of aryl methyl sites for hydroxylation is 2. The van der Waals surface area contributed by atoms with E-state index in [0.29, 0.717) is 26.2 Å². The molecule has 8 heteroatoms. The molecule has 154 valence electrons. The van der Waals surface area contributed by atoms with E-state index in [1.54, 1.807) is 17.0 Å². The van der Waals surface area contributed by atoms with Crippen LogP contribution in [-0.2, 0) is 9.59 Å². The van der Waals surface area contributed by atoms with E-state index in [1.807, 2.05) is 36.9 Å². The van der Waals surface area contributed by atoms with Gasteiger partial charge in [-0.1, -0.05) is 18.2 Å². The second-order valence-corrected chi connectivity index (χ2v) is 7.13. The van der Waals surface area contributed by atoms with Gasteiger partial charge in [-0.15, -0.1) is 0 Å². The topological polar surface area (TPSA) is 94.9 Å². The van der Waals surface area contributed by atoms with Crippen molar-refractivity contribution in [1.29, 1.82) is 0 Å². The molecule has 0 spiro atoms. The monoisotopic (exact) mass is 398 g/mol. The number of rotatable bonds is 6. The number of piperazine rings is 1. The summed E-state index contributed by atoms with van der Waals surface area (Å²) in [5.41, 5.74) is 2.93. The molecule has 0 aliphatic carbocycles. The van der Waals surface area contributed by atoms with Gasteiger partial charge in [-0.3, -0.25) is 19.3 Å². The second kappa shape index (κ2) is 9.38. The molecule has 29 heavy (non-hydrogen) atoms. The normalized spacial score (nSPS) is 14.5. The predicted molar refractivity (Wildman–Crippen MR) is 109 cm³/mol. The minimum atomic E-state index is -0.412. The van der Waals surface area contributed by atoms with E-state index in [9.17, 15) is 14.4 Å². The standard InChI is InChI=1S/C21H26N4O4/c1-15-5-3-6-16(2)20(15)23-18(26)14-24-8-10-25(11-9-24)19(27)13-22-21(28)17-7-4-12-29-17/h3-7,12H,8-11,13-14H2,1-2H3,(H,22,28)(H,23,26). The van der Waals surface area contributed by atoms with Crippen LogP contribution in [0.2, 0.25) is 0 Å². The lowest BCUT2D eigenvalue weighted by Gasteiger charge is -2.34. The number of furan rings is 1. The van der Waals surface area contributed by atoms with Crippen LogP contribution >= 0.6 is 0 Å². The van der Waals surface area contributed by atoms with Gasteiger partial charge in [-0.25, -0.2) is 0 Å². The highest BCUT2D eigenvalue weighted by molar-refractivity contribution is 5.94. The van der Waals surface area contributed by atoms with Crippen LogP contribution in [0.4, 0.5) is 5.69 Å². The van der Waals surface area contributed by atoms with Crippen molar-refractivity contribution in [3.63, 3.8) is 0 Å². The molecule has 3 amide bonds. The molecule has 0 bridgehead atoms. The van der Waals surface area contributed by atoms with E-state index in [0.717, 1.165) is 16.8 Å². The van der Waals surface area contributed by atoms with Crippen LogP contribution in [0, 0.1) is 13.8 Å². The largest absolute Gasteiger partial charge is 0.459 e. The summed E-state index contributed by atoms with van der Waals surface area (Å²) >= 11 is 0. The highest BCUT2D eigenvalue weighted by Crippen LogP contribution is 2.19. The Morgan fingerprint density at radius 3 is 2.31 bits per heavy atom. The SMILES string of the molecule is Cc1cccc(C)c1NC(=O)CN1CCN(C(=O)CNC(=O)c2ccco2)CC1. The Morgan fingerprint density at radius 1 is 1.00 bits per heavy atom. The van der Waals surface area contributed by atoms with E-state index < -0.39 is 5.91 Å². The van der Waals surface area contributed by atoms with Crippen molar-refractivity contribution < 1.29 is 18.8 Å². The Balaban J connectivity index is 1.41. The minimum Gasteiger partial charge on any atom is -0.459 e. The molecule has 1 aromatic heterocycles. The number of amides is 3. The van der Waals surface area contributed by atoms with Crippen molar-refractivity contribution in [2.24, 2.45) is 0 Å². The van der Waals surface area contributed by atoms with Gasteiger partial charge in [0.2, 0.25) is 11.8 Å². The lowest BCUT2D eigenvalue weighted by atomic mass is 10.1.